The van der Waals surface area contributed by atoms with E-state index in [9.17, 15) is 8.42 Å². The molecule has 1 N–H and O–H groups in total. The number of sulfonamides is 1. The summed E-state index contributed by atoms with van der Waals surface area (Å²) in [5.74, 6) is 1.19. The fourth-order valence-electron chi connectivity index (χ4n) is 2.39. The van der Waals surface area contributed by atoms with Gasteiger partial charge in [0.05, 0.1) is 10.4 Å². The van der Waals surface area contributed by atoms with Crippen LogP contribution in [0.1, 0.15) is 30.5 Å². The maximum atomic E-state index is 12.4. The molecule has 0 amide bonds. The largest absolute Gasteiger partial charge is 0.377 e. The number of halogens is 1. The summed E-state index contributed by atoms with van der Waals surface area (Å²) in [6.07, 6.45) is 1.52. The Hall–Kier alpha value is -1.000. The van der Waals surface area contributed by atoms with E-state index in [2.05, 4.69) is 14.8 Å². The van der Waals surface area contributed by atoms with Crippen molar-refractivity contribution >= 4 is 33.0 Å². The molecule has 120 valence electrons. The Balaban J connectivity index is 1.85. The lowest BCUT2D eigenvalue weighted by Gasteiger charge is -2.22. The zero-order valence-electron chi connectivity index (χ0n) is 11.8. The minimum Gasteiger partial charge on any atom is -0.377 e. The third-order valence-corrected chi connectivity index (χ3v) is 6.50. The number of rotatable bonds is 5. The molecule has 3 heterocycles. The van der Waals surface area contributed by atoms with Crippen LogP contribution in [0.15, 0.2) is 16.3 Å². The number of aryl methyl sites for hydroxylation is 1. The van der Waals surface area contributed by atoms with Gasteiger partial charge in [-0.3, -0.25) is 0 Å². The lowest BCUT2D eigenvalue weighted by atomic mass is 10.1. The first-order valence-corrected chi connectivity index (χ1v) is 9.37. The summed E-state index contributed by atoms with van der Waals surface area (Å²) in [4.78, 5) is 4.38. The molecule has 3 rings (SSSR count). The minimum atomic E-state index is -3.61. The molecule has 1 aliphatic heterocycles. The van der Waals surface area contributed by atoms with Gasteiger partial charge in [0.25, 0.3) is 10.0 Å². The SMILES string of the molecule is COCc1nc2n(n1)CCC[C@H]2NS(=O)(=O)c1ccc(Cl)s1. The predicted molar refractivity (Wildman–Crippen MR) is 82.4 cm³/mol. The fraction of sp³-hybridized carbons (Fsp3) is 0.500. The van der Waals surface area contributed by atoms with Gasteiger partial charge in [0, 0.05) is 13.7 Å². The Morgan fingerprint density at radius 3 is 3.05 bits per heavy atom. The second-order valence-electron chi connectivity index (χ2n) is 4.92. The van der Waals surface area contributed by atoms with E-state index in [0.29, 0.717) is 29.0 Å². The van der Waals surface area contributed by atoms with Crippen LogP contribution in [0.25, 0.3) is 0 Å². The Kier molecular flexibility index (Phi) is 4.51. The molecule has 0 unspecified atom stereocenters. The minimum absolute atomic E-state index is 0.200. The van der Waals surface area contributed by atoms with Gasteiger partial charge < -0.3 is 4.74 Å². The van der Waals surface area contributed by atoms with Gasteiger partial charge >= 0.3 is 0 Å². The van der Waals surface area contributed by atoms with Crippen LogP contribution < -0.4 is 4.72 Å². The van der Waals surface area contributed by atoms with Crippen molar-refractivity contribution < 1.29 is 13.2 Å². The molecule has 0 fully saturated rings. The van der Waals surface area contributed by atoms with Crippen LogP contribution >= 0.6 is 22.9 Å². The highest BCUT2D eigenvalue weighted by molar-refractivity contribution is 7.91. The molecule has 0 aromatic carbocycles. The van der Waals surface area contributed by atoms with E-state index in [1.165, 1.54) is 6.07 Å². The second kappa shape index (κ2) is 6.25. The quantitative estimate of drug-likeness (QED) is 0.878. The lowest BCUT2D eigenvalue weighted by molar-refractivity contribution is 0.177. The third-order valence-electron chi connectivity index (χ3n) is 3.30. The first-order valence-electron chi connectivity index (χ1n) is 6.70. The number of ether oxygens (including phenoxy) is 1. The van der Waals surface area contributed by atoms with E-state index in [1.807, 2.05) is 0 Å². The molecule has 7 nitrogen and oxygen atoms in total. The molecule has 0 saturated heterocycles. The molecule has 0 bridgehead atoms. The van der Waals surface area contributed by atoms with Gasteiger partial charge in [-0.05, 0) is 25.0 Å². The summed E-state index contributed by atoms with van der Waals surface area (Å²) < 4.78 is 34.9. The van der Waals surface area contributed by atoms with Crippen molar-refractivity contribution in [3.63, 3.8) is 0 Å². The summed E-state index contributed by atoms with van der Waals surface area (Å²) >= 11 is 6.84. The third kappa shape index (κ3) is 3.18. The predicted octanol–water partition coefficient (Wildman–Crippen LogP) is 1.95. The van der Waals surface area contributed by atoms with Gasteiger partial charge in [0.1, 0.15) is 16.6 Å². The van der Waals surface area contributed by atoms with Crippen LogP contribution in [-0.2, 0) is 27.9 Å². The number of aromatic nitrogens is 3. The normalized spacial score (nSPS) is 18.4. The topological polar surface area (TPSA) is 86.1 Å². The van der Waals surface area contributed by atoms with Crippen LogP contribution in [0.2, 0.25) is 4.34 Å². The summed E-state index contributed by atoms with van der Waals surface area (Å²) in [5.41, 5.74) is 0. The highest BCUT2D eigenvalue weighted by atomic mass is 35.5. The summed E-state index contributed by atoms with van der Waals surface area (Å²) in [6.45, 7) is 1.04. The van der Waals surface area contributed by atoms with E-state index >= 15 is 0 Å². The second-order valence-corrected chi connectivity index (χ2v) is 8.57. The molecule has 0 spiro atoms. The molecule has 2 aromatic rings. The van der Waals surface area contributed by atoms with Gasteiger partial charge in [0.15, 0.2) is 5.82 Å². The van der Waals surface area contributed by atoms with Crippen molar-refractivity contribution in [2.75, 3.05) is 7.11 Å². The summed E-state index contributed by atoms with van der Waals surface area (Å²) in [6, 6.07) is 2.68. The van der Waals surface area contributed by atoms with Crippen molar-refractivity contribution in [3.05, 3.63) is 28.1 Å². The van der Waals surface area contributed by atoms with Crippen LogP contribution in [0.4, 0.5) is 0 Å². The average Bonchev–Trinajstić information content (AvgIpc) is 3.06. The van der Waals surface area contributed by atoms with Crippen molar-refractivity contribution in [1.82, 2.24) is 19.5 Å². The molecular formula is C12H15ClN4O3S2. The Bertz CT molecular complexity index is 771. The monoisotopic (exact) mass is 362 g/mol. The molecule has 22 heavy (non-hydrogen) atoms. The van der Waals surface area contributed by atoms with Crippen molar-refractivity contribution in [1.29, 1.82) is 0 Å². The lowest BCUT2D eigenvalue weighted by Crippen LogP contribution is -2.33. The van der Waals surface area contributed by atoms with E-state index in [0.717, 1.165) is 24.3 Å². The van der Waals surface area contributed by atoms with E-state index in [1.54, 1.807) is 17.9 Å². The zero-order chi connectivity index (χ0) is 15.7. The summed E-state index contributed by atoms with van der Waals surface area (Å²) in [5, 5.41) is 4.32. The van der Waals surface area contributed by atoms with Gasteiger partial charge in [-0.1, -0.05) is 11.6 Å². The fourth-order valence-corrected chi connectivity index (χ4v) is 5.12. The molecular weight excluding hydrogens is 348 g/mol. The Labute approximate surface area is 137 Å². The van der Waals surface area contributed by atoms with Gasteiger partial charge in [-0.25, -0.2) is 18.1 Å². The number of hydrogen-bond donors (Lipinski definition) is 1. The first kappa shape index (κ1) is 15.9. The van der Waals surface area contributed by atoms with Crippen molar-refractivity contribution in [2.24, 2.45) is 0 Å². The molecule has 1 aliphatic rings. The number of nitrogens with one attached hydrogen (secondary N) is 1. The first-order chi connectivity index (χ1) is 10.5. The Morgan fingerprint density at radius 1 is 1.55 bits per heavy atom. The van der Waals surface area contributed by atoms with Gasteiger partial charge in [-0.2, -0.15) is 9.82 Å². The molecule has 1 atom stereocenters. The maximum absolute atomic E-state index is 12.4. The van der Waals surface area contributed by atoms with Crippen molar-refractivity contribution in [2.45, 2.75) is 36.2 Å². The molecule has 2 aromatic heterocycles. The molecule has 0 saturated carbocycles. The average molecular weight is 363 g/mol. The molecule has 0 aliphatic carbocycles. The smallest absolute Gasteiger partial charge is 0.250 e. The number of nitrogens with zero attached hydrogens (tertiary/aromatic N) is 3. The molecule has 10 heteroatoms. The maximum Gasteiger partial charge on any atom is 0.250 e. The highest BCUT2D eigenvalue weighted by Crippen LogP contribution is 2.29. The molecule has 0 radical (unpaired) electrons. The number of fused-ring (bicyclic) bond motifs is 1. The Morgan fingerprint density at radius 2 is 2.36 bits per heavy atom. The van der Waals surface area contributed by atoms with Gasteiger partial charge in [0.2, 0.25) is 0 Å². The van der Waals surface area contributed by atoms with Crippen LogP contribution in [0.3, 0.4) is 0 Å². The van der Waals surface area contributed by atoms with E-state index in [4.69, 9.17) is 16.3 Å². The highest BCUT2D eigenvalue weighted by Gasteiger charge is 2.29. The number of thiophene rings is 1. The van der Waals surface area contributed by atoms with Crippen LogP contribution in [-0.4, -0.2) is 30.3 Å². The zero-order valence-corrected chi connectivity index (χ0v) is 14.2. The summed E-state index contributed by atoms with van der Waals surface area (Å²) in [7, 11) is -2.04. The number of hydrogen-bond acceptors (Lipinski definition) is 6. The van der Waals surface area contributed by atoms with E-state index < -0.39 is 16.1 Å². The van der Waals surface area contributed by atoms with Crippen LogP contribution in [0, 0.1) is 0 Å². The standard InChI is InChI=1S/C12H15ClN4O3S2/c1-20-7-10-14-12-8(3-2-6-17(12)15-10)16-22(18,19)11-5-4-9(13)21-11/h4-5,8,16H,2-3,6-7H2,1H3/t8-/m1/s1. The van der Waals surface area contributed by atoms with Crippen LogP contribution in [0.5, 0.6) is 0 Å². The van der Waals surface area contributed by atoms with Crippen molar-refractivity contribution in [3.8, 4) is 0 Å². The van der Waals surface area contributed by atoms with E-state index in [-0.39, 0.29) is 4.21 Å². The van der Waals surface area contributed by atoms with Gasteiger partial charge in [-0.15, -0.1) is 11.3 Å². The number of methoxy groups -OCH3 is 1.